The van der Waals surface area contributed by atoms with Gasteiger partial charge in [0, 0.05) is 22.4 Å². The molecule has 2 aromatic heterocycles. The van der Waals surface area contributed by atoms with Crippen LogP contribution in [0.25, 0.3) is 45.2 Å². The van der Waals surface area contributed by atoms with Gasteiger partial charge in [0.1, 0.15) is 11.5 Å². The van der Waals surface area contributed by atoms with Gasteiger partial charge in [-0.25, -0.2) is 24.9 Å². The van der Waals surface area contributed by atoms with Gasteiger partial charge in [-0.05, 0) is 6.07 Å². The Hall–Kier alpha value is -3.99. The summed E-state index contributed by atoms with van der Waals surface area (Å²) in [6.45, 7) is 4.18. The van der Waals surface area contributed by atoms with Crippen molar-refractivity contribution in [2.24, 2.45) is 0 Å². The number of aromatic nitrogens is 5. The standard InChI is InChI=1S/C26H21N5/c1-17(2)23-27-21-16-10-9-15-20(21)22(28-23)26-30-24(18-11-5-3-6-12-18)29-25(31-26)19-13-7-4-8-14-19/h3-17H,1-2H3. The van der Waals surface area contributed by atoms with Gasteiger partial charge >= 0.3 is 0 Å². The third kappa shape index (κ3) is 3.78. The molecule has 2 heterocycles. The number of fused-ring (bicyclic) bond motifs is 1. The smallest absolute Gasteiger partial charge is 0.183 e. The first-order chi connectivity index (χ1) is 15.2. The molecule has 0 saturated carbocycles. The summed E-state index contributed by atoms with van der Waals surface area (Å²) in [6.07, 6.45) is 0. The van der Waals surface area contributed by atoms with Crippen LogP contribution in [0.1, 0.15) is 25.6 Å². The molecule has 0 aliphatic carbocycles. The molecule has 0 aliphatic rings. The summed E-state index contributed by atoms with van der Waals surface area (Å²) in [6, 6.07) is 27.9. The van der Waals surface area contributed by atoms with E-state index < -0.39 is 0 Å². The van der Waals surface area contributed by atoms with E-state index in [4.69, 9.17) is 24.9 Å². The van der Waals surface area contributed by atoms with E-state index in [9.17, 15) is 0 Å². The normalized spacial score (nSPS) is 11.2. The highest BCUT2D eigenvalue weighted by molar-refractivity contribution is 5.91. The number of hydrogen-bond acceptors (Lipinski definition) is 5. The lowest BCUT2D eigenvalue weighted by Crippen LogP contribution is -2.05. The second kappa shape index (κ2) is 8.03. The number of rotatable bonds is 4. The predicted octanol–water partition coefficient (Wildman–Crippen LogP) is 5.94. The number of para-hydroxylation sites is 1. The molecule has 5 aromatic rings. The molecule has 0 amide bonds. The van der Waals surface area contributed by atoms with Crippen LogP contribution in [0.2, 0.25) is 0 Å². The van der Waals surface area contributed by atoms with Crippen molar-refractivity contribution < 1.29 is 0 Å². The molecule has 3 aromatic carbocycles. The summed E-state index contributed by atoms with van der Waals surface area (Å²) in [5.41, 5.74) is 3.49. The minimum absolute atomic E-state index is 0.187. The minimum Gasteiger partial charge on any atom is -0.233 e. The zero-order valence-electron chi connectivity index (χ0n) is 17.4. The van der Waals surface area contributed by atoms with Crippen molar-refractivity contribution in [3.05, 3.63) is 90.8 Å². The molecule has 0 unspecified atom stereocenters. The highest BCUT2D eigenvalue weighted by Crippen LogP contribution is 2.29. The molecule has 0 bridgehead atoms. The Kier molecular flexibility index (Phi) is 4.92. The lowest BCUT2D eigenvalue weighted by molar-refractivity contribution is 0.783. The molecule has 0 spiro atoms. The maximum Gasteiger partial charge on any atom is 0.183 e. The van der Waals surface area contributed by atoms with E-state index in [0.29, 0.717) is 17.5 Å². The molecular weight excluding hydrogens is 382 g/mol. The summed E-state index contributed by atoms with van der Waals surface area (Å²) in [5.74, 6) is 2.76. The van der Waals surface area contributed by atoms with Gasteiger partial charge in [0.05, 0.1) is 5.52 Å². The fraction of sp³-hybridized carbons (Fsp3) is 0.115. The van der Waals surface area contributed by atoms with Crippen molar-refractivity contribution in [3.63, 3.8) is 0 Å². The number of hydrogen-bond donors (Lipinski definition) is 0. The molecular formula is C26H21N5. The van der Waals surface area contributed by atoms with Gasteiger partial charge < -0.3 is 0 Å². The summed E-state index contributed by atoms with van der Waals surface area (Å²) in [4.78, 5) is 24.1. The SMILES string of the molecule is CC(C)c1nc(-c2nc(-c3ccccc3)nc(-c3ccccc3)n2)c2ccccc2n1. The van der Waals surface area contributed by atoms with Crippen molar-refractivity contribution in [3.8, 4) is 34.3 Å². The Balaban J connectivity index is 1.80. The molecule has 0 N–H and O–H groups in total. The molecule has 0 radical (unpaired) electrons. The van der Waals surface area contributed by atoms with Crippen LogP contribution in [0.3, 0.4) is 0 Å². The van der Waals surface area contributed by atoms with Gasteiger partial charge in [-0.1, -0.05) is 92.7 Å². The quantitative estimate of drug-likeness (QED) is 0.372. The molecule has 5 heteroatoms. The second-order valence-electron chi connectivity index (χ2n) is 7.64. The van der Waals surface area contributed by atoms with E-state index in [0.717, 1.165) is 33.5 Å². The second-order valence-corrected chi connectivity index (χ2v) is 7.64. The number of nitrogens with zero attached hydrogens (tertiary/aromatic N) is 5. The average molecular weight is 403 g/mol. The van der Waals surface area contributed by atoms with Gasteiger partial charge in [-0.2, -0.15) is 0 Å². The maximum absolute atomic E-state index is 4.88. The third-order valence-electron chi connectivity index (χ3n) is 5.05. The summed E-state index contributed by atoms with van der Waals surface area (Å²) in [7, 11) is 0. The fourth-order valence-corrected chi connectivity index (χ4v) is 3.44. The van der Waals surface area contributed by atoms with Crippen molar-refractivity contribution in [1.29, 1.82) is 0 Å². The van der Waals surface area contributed by atoms with Crippen LogP contribution in [0, 0.1) is 0 Å². The lowest BCUT2D eigenvalue weighted by Gasteiger charge is -2.12. The van der Waals surface area contributed by atoms with Crippen LogP contribution in [-0.4, -0.2) is 24.9 Å². The van der Waals surface area contributed by atoms with Crippen molar-refractivity contribution in [2.75, 3.05) is 0 Å². The van der Waals surface area contributed by atoms with Crippen LogP contribution >= 0.6 is 0 Å². The summed E-state index contributed by atoms with van der Waals surface area (Å²) >= 11 is 0. The van der Waals surface area contributed by atoms with Gasteiger partial charge in [-0.15, -0.1) is 0 Å². The third-order valence-corrected chi connectivity index (χ3v) is 5.05. The topological polar surface area (TPSA) is 64.5 Å². The fourth-order valence-electron chi connectivity index (χ4n) is 3.44. The highest BCUT2D eigenvalue weighted by atomic mass is 15.1. The highest BCUT2D eigenvalue weighted by Gasteiger charge is 2.17. The van der Waals surface area contributed by atoms with Crippen molar-refractivity contribution >= 4 is 10.9 Å². The van der Waals surface area contributed by atoms with E-state index >= 15 is 0 Å². The van der Waals surface area contributed by atoms with E-state index in [-0.39, 0.29) is 5.92 Å². The van der Waals surface area contributed by atoms with E-state index in [1.54, 1.807) is 0 Å². The van der Waals surface area contributed by atoms with Gasteiger partial charge in [-0.3, -0.25) is 0 Å². The van der Waals surface area contributed by atoms with E-state index in [2.05, 4.69) is 13.8 Å². The first-order valence-corrected chi connectivity index (χ1v) is 10.3. The molecule has 150 valence electrons. The van der Waals surface area contributed by atoms with Crippen LogP contribution in [0.15, 0.2) is 84.9 Å². The molecule has 5 rings (SSSR count). The Morgan fingerprint density at radius 1 is 0.516 bits per heavy atom. The van der Waals surface area contributed by atoms with Gasteiger partial charge in [0.25, 0.3) is 0 Å². The lowest BCUT2D eigenvalue weighted by atomic mass is 10.1. The van der Waals surface area contributed by atoms with Crippen molar-refractivity contribution in [2.45, 2.75) is 19.8 Å². The van der Waals surface area contributed by atoms with Crippen LogP contribution in [-0.2, 0) is 0 Å². The zero-order chi connectivity index (χ0) is 21.2. The monoisotopic (exact) mass is 403 g/mol. The Bertz CT molecular complexity index is 1290. The summed E-state index contributed by atoms with van der Waals surface area (Å²) in [5, 5.41) is 0.927. The molecule has 0 aliphatic heterocycles. The molecule has 0 saturated heterocycles. The van der Waals surface area contributed by atoms with E-state index in [1.165, 1.54) is 0 Å². The Morgan fingerprint density at radius 3 is 1.61 bits per heavy atom. The first kappa shape index (κ1) is 19.0. The zero-order valence-corrected chi connectivity index (χ0v) is 17.4. The number of benzene rings is 3. The van der Waals surface area contributed by atoms with Crippen LogP contribution < -0.4 is 0 Å². The van der Waals surface area contributed by atoms with Crippen molar-refractivity contribution in [1.82, 2.24) is 24.9 Å². The maximum atomic E-state index is 4.88. The van der Waals surface area contributed by atoms with Crippen LogP contribution in [0.4, 0.5) is 0 Å². The predicted molar refractivity (Wildman–Crippen MR) is 123 cm³/mol. The largest absolute Gasteiger partial charge is 0.233 e. The molecule has 0 atom stereocenters. The minimum atomic E-state index is 0.187. The Labute approximate surface area is 180 Å². The Morgan fingerprint density at radius 2 is 1.03 bits per heavy atom. The molecule has 0 fully saturated rings. The van der Waals surface area contributed by atoms with Gasteiger partial charge in [0.2, 0.25) is 0 Å². The van der Waals surface area contributed by atoms with E-state index in [1.807, 2.05) is 84.9 Å². The molecule has 5 nitrogen and oxygen atoms in total. The average Bonchev–Trinajstić information content (AvgIpc) is 2.84. The molecule has 31 heavy (non-hydrogen) atoms. The van der Waals surface area contributed by atoms with Gasteiger partial charge in [0.15, 0.2) is 17.5 Å². The summed E-state index contributed by atoms with van der Waals surface area (Å²) < 4.78 is 0. The van der Waals surface area contributed by atoms with Crippen LogP contribution in [0.5, 0.6) is 0 Å². The first-order valence-electron chi connectivity index (χ1n) is 10.3.